The number of benzene rings is 3. The van der Waals surface area contributed by atoms with Crippen molar-refractivity contribution >= 4 is 23.0 Å². The van der Waals surface area contributed by atoms with Crippen molar-refractivity contribution in [3.8, 4) is 11.5 Å². The van der Waals surface area contributed by atoms with Gasteiger partial charge in [0.2, 0.25) is 0 Å². The molecule has 27 heavy (non-hydrogen) atoms. The van der Waals surface area contributed by atoms with Gasteiger partial charge in [-0.25, -0.2) is 0 Å². The van der Waals surface area contributed by atoms with E-state index in [1.807, 2.05) is 49.4 Å². The van der Waals surface area contributed by atoms with Gasteiger partial charge in [0.25, 0.3) is 5.91 Å². The van der Waals surface area contributed by atoms with Crippen LogP contribution in [0.2, 0.25) is 0 Å². The fraction of sp³-hybridized carbons (Fsp3) is 0.182. The highest BCUT2D eigenvalue weighted by atomic mass is 16.5. The van der Waals surface area contributed by atoms with Crippen molar-refractivity contribution < 1.29 is 19.1 Å². The molecular formula is C22H21NO4. The highest BCUT2D eigenvalue weighted by Crippen LogP contribution is 2.28. The summed E-state index contributed by atoms with van der Waals surface area (Å²) in [5.74, 6) is 0.586. The number of hydrogen-bond donors (Lipinski definition) is 1. The second kappa shape index (κ2) is 8.36. The lowest BCUT2D eigenvalue weighted by Gasteiger charge is -2.17. The predicted molar refractivity (Wildman–Crippen MR) is 104 cm³/mol. The van der Waals surface area contributed by atoms with Crippen molar-refractivity contribution in [2.45, 2.75) is 13.0 Å². The number of ether oxygens (including phenoxy) is 2. The molecule has 1 amide bonds. The van der Waals surface area contributed by atoms with Crippen molar-refractivity contribution in [2.24, 2.45) is 0 Å². The Morgan fingerprint density at radius 3 is 2.63 bits per heavy atom. The molecule has 0 aliphatic carbocycles. The van der Waals surface area contributed by atoms with E-state index in [1.54, 1.807) is 18.2 Å². The number of amides is 1. The van der Waals surface area contributed by atoms with Crippen LogP contribution in [0.15, 0.2) is 60.7 Å². The van der Waals surface area contributed by atoms with E-state index in [0.717, 1.165) is 22.6 Å². The molecule has 0 bridgehead atoms. The SMILES string of the molecule is COc1cc(C=O)ccc1OCC(=O)NC(C)c1cccc2ccccc12. The maximum absolute atomic E-state index is 12.3. The van der Waals surface area contributed by atoms with Crippen molar-refractivity contribution in [3.05, 3.63) is 71.8 Å². The Morgan fingerprint density at radius 1 is 1.07 bits per heavy atom. The van der Waals surface area contributed by atoms with Crippen LogP contribution in [-0.4, -0.2) is 25.9 Å². The Balaban J connectivity index is 1.66. The average Bonchev–Trinajstić information content (AvgIpc) is 2.71. The summed E-state index contributed by atoms with van der Waals surface area (Å²) in [6.07, 6.45) is 0.727. The number of carbonyl (C=O) groups excluding carboxylic acids is 2. The van der Waals surface area contributed by atoms with Gasteiger partial charge in [-0.15, -0.1) is 0 Å². The first kappa shape index (κ1) is 18.5. The van der Waals surface area contributed by atoms with E-state index in [-0.39, 0.29) is 18.6 Å². The number of hydrogen-bond acceptors (Lipinski definition) is 4. The minimum Gasteiger partial charge on any atom is -0.493 e. The van der Waals surface area contributed by atoms with Crippen LogP contribution in [0.3, 0.4) is 0 Å². The first-order valence-corrected chi connectivity index (χ1v) is 8.65. The quantitative estimate of drug-likeness (QED) is 0.646. The molecule has 138 valence electrons. The van der Waals surface area contributed by atoms with Gasteiger partial charge in [0, 0.05) is 5.56 Å². The van der Waals surface area contributed by atoms with E-state index >= 15 is 0 Å². The molecule has 0 aromatic heterocycles. The van der Waals surface area contributed by atoms with Gasteiger partial charge in [0.15, 0.2) is 18.1 Å². The molecular weight excluding hydrogens is 342 g/mol. The Bertz CT molecular complexity index is 962. The second-order valence-corrected chi connectivity index (χ2v) is 6.17. The molecule has 3 aromatic rings. The molecule has 5 nitrogen and oxygen atoms in total. The van der Waals surface area contributed by atoms with Gasteiger partial charge in [-0.1, -0.05) is 42.5 Å². The molecule has 3 rings (SSSR count). The average molecular weight is 363 g/mol. The number of rotatable bonds is 7. The smallest absolute Gasteiger partial charge is 0.258 e. The summed E-state index contributed by atoms with van der Waals surface area (Å²) in [6.45, 7) is 1.80. The van der Waals surface area contributed by atoms with E-state index in [9.17, 15) is 9.59 Å². The summed E-state index contributed by atoms with van der Waals surface area (Å²) < 4.78 is 10.8. The standard InChI is InChI=1S/C22H21NO4/c1-15(18-9-5-7-17-6-3-4-8-19(17)18)23-22(25)14-27-20-11-10-16(13-24)12-21(20)26-2/h3-13,15H,14H2,1-2H3,(H,23,25). The highest BCUT2D eigenvalue weighted by molar-refractivity contribution is 5.87. The Labute approximate surface area is 157 Å². The normalized spacial score (nSPS) is 11.6. The number of nitrogens with one attached hydrogen (secondary N) is 1. The summed E-state index contributed by atoms with van der Waals surface area (Å²) >= 11 is 0. The second-order valence-electron chi connectivity index (χ2n) is 6.17. The third-order valence-corrected chi connectivity index (χ3v) is 4.35. The van der Waals surface area contributed by atoms with Crippen LogP contribution in [-0.2, 0) is 4.79 Å². The zero-order chi connectivity index (χ0) is 19.2. The van der Waals surface area contributed by atoms with Gasteiger partial charge in [0.1, 0.15) is 6.29 Å². The fourth-order valence-electron chi connectivity index (χ4n) is 3.01. The van der Waals surface area contributed by atoms with Gasteiger partial charge in [-0.05, 0) is 41.5 Å². The minimum atomic E-state index is -0.239. The van der Waals surface area contributed by atoms with E-state index in [2.05, 4.69) is 5.32 Å². The van der Waals surface area contributed by atoms with E-state index < -0.39 is 0 Å². The van der Waals surface area contributed by atoms with Crippen LogP contribution in [0.4, 0.5) is 0 Å². The molecule has 5 heteroatoms. The van der Waals surface area contributed by atoms with Crippen LogP contribution in [0.5, 0.6) is 11.5 Å². The predicted octanol–water partition coefficient (Wildman–Crippen LogP) is 3.92. The summed E-state index contributed by atoms with van der Waals surface area (Å²) in [6, 6.07) is 18.7. The first-order chi connectivity index (χ1) is 13.1. The van der Waals surface area contributed by atoms with Gasteiger partial charge in [-0.2, -0.15) is 0 Å². The minimum absolute atomic E-state index is 0.147. The zero-order valence-corrected chi connectivity index (χ0v) is 15.3. The fourth-order valence-corrected chi connectivity index (χ4v) is 3.01. The Kier molecular flexibility index (Phi) is 5.71. The number of fused-ring (bicyclic) bond motifs is 1. The van der Waals surface area contributed by atoms with E-state index in [4.69, 9.17) is 9.47 Å². The van der Waals surface area contributed by atoms with Crippen LogP contribution in [0.1, 0.15) is 28.9 Å². The molecule has 0 aliphatic rings. The van der Waals surface area contributed by atoms with E-state index in [1.165, 1.54) is 7.11 Å². The molecule has 0 saturated carbocycles. The maximum atomic E-state index is 12.3. The molecule has 0 aliphatic heterocycles. The van der Waals surface area contributed by atoms with Gasteiger partial charge >= 0.3 is 0 Å². The van der Waals surface area contributed by atoms with Crippen LogP contribution in [0.25, 0.3) is 10.8 Å². The van der Waals surface area contributed by atoms with Crippen LogP contribution >= 0.6 is 0 Å². The van der Waals surface area contributed by atoms with Crippen LogP contribution < -0.4 is 14.8 Å². The Morgan fingerprint density at radius 2 is 1.85 bits per heavy atom. The number of carbonyl (C=O) groups is 2. The first-order valence-electron chi connectivity index (χ1n) is 8.65. The van der Waals surface area contributed by atoms with E-state index in [0.29, 0.717) is 17.1 Å². The molecule has 0 heterocycles. The monoisotopic (exact) mass is 363 g/mol. The van der Waals surface area contributed by atoms with Gasteiger partial charge in [0.05, 0.1) is 13.2 Å². The summed E-state index contributed by atoms with van der Waals surface area (Å²) in [4.78, 5) is 23.2. The molecule has 1 unspecified atom stereocenters. The van der Waals surface area contributed by atoms with Crippen molar-refractivity contribution in [2.75, 3.05) is 13.7 Å². The number of aldehydes is 1. The molecule has 0 spiro atoms. The lowest BCUT2D eigenvalue weighted by molar-refractivity contribution is -0.123. The number of methoxy groups -OCH3 is 1. The molecule has 3 aromatic carbocycles. The van der Waals surface area contributed by atoms with Crippen molar-refractivity contribution in [3.63, 3.8) is 0 Å². The highest BCUT2D eigenvalue weighted by Gasteiger charge is 2.14. The van der Waals surface area contributed by atoms with Gasteiger partial charge in [-0.3, -0.25) is 9.59 Å². The molecule has 0 radical (unpaired) electrons. The molecule has 0 fully saturated rings. The topological polar surface area (TPSA) is 64.6 Å². The van der Waals surface area contributed by atoms with Crippen molar-refractivity contribution in [1.82, 2.24) is 5.32 Å². The molecule has 0 saturated heterocycles. The molecule has 1 atom stereocenters. The largest absolute Gasteiger partial charge is 0.493 e. The zero-order valence-electron chi connectivity index (χ0n) is 15.3. The lowest BCUT2D eigenvalue weighted by Crippen LogP contribution is -2.31. The third kappa shape index (κ3) is 4.26. The lowest BCUT2D eigenvalue weighted by atomic mass is 10.00. The molecule has 1 N–H and O–H groups in total. The van der Waals surface area contributed by atoms with Crippen molar-refractivity contribution in [1.29, 1.82) is 0 Å². The summed E-state index contributed by atoms with van der Waals surface area (Å²) in [7, 11) is 1.49. The summed E-state index contributed by atoms with van der Waals surface area (Å²) in [5.41, 5.74) is 1.53. The Hall–Kier alpha value is -3.34. The maximum Gasteiger partial charge on any atom is 0.258 e. The third-order valence-electron chi connectivity index (χ3n) is 4.35. The summed E-state index contributed by atoms with van der Waals surface area (Å²) in [5, 5.41) is 5.20. The van der Waals surface area contributed by atoms with Gasteiger partial charge < -0.3 is 14.8 Å². The van der Waals surface area contributed by atoms with Crippen LogP contribution in [0, 0.1) is 0 Å².